The lowest BCUT2D eigenvalue weighted by Crippen LogP contribution is -2.27. The first kappa shape index (κ1) is 16.5. The molecule has 2 unspecified atom stereocenters. The maximum Gasteiger partial charge on any atom is 0.251 e. The lowest BCUT2D eigenvalue weighted by atomic mass is 10.1. The molecule has 1 saturated carbocycles. The molecular weight excluding hydrogens is 356 g/mol. The van der Waals surface area contributed by atoms with Crippen molar-refractivity contribution in [1.82, 2.24) is 5.32 Å². The number of nitrogens with two attached hydrogens (primary N) is 1. The quantitative estimate of drug-likeness (QED) is 0.828. The minimum absolute atomic E-state index is 0.0251. The van der Waals surface area contributed by atoms with Gasteiger partial charge in [-0.2, -0.15) is 0 Å². The number of primary sulfonamides is 1. The van der Waals surface area contributed by atoms with Crippen LogP contribution in [0.2, 0.25) is 0 Å². The summed E-state index contributed by atoms with van der Waals surface area (Å²) in [6.07, 6.45) is 3.20. The average molecular weight is 375 g/mol. The summed E-state index contributed by atoms with van der Waals surface area (Å²) >= 11 is 3.28. The average Bonchev–Trinajstić information content (AvgIpc) is 3.09. The fraction of sp³-hybridized carbons (Fsp3) is 0.500. The van der Waals surface area contributed by atoms with Gasteiger partial charge < -0.3 is 5.32 Å². The Morgan fingerprint density at radius 2 is 2.14 bits per heavy atom. The number of benzene rings is 1. The van der Waals surface area contributed by atoms with Crippen molar-refractivity contribution in [2.75, 3.05) is 0 Å². The summed E-state index contributed by atoms with van der Waals surface area (Å²) in [4.78, 5) is 12.2. The number of halogens is 1. The second-order valence-corrected chi connectivity index (χ2v) is 7.87. The van der Waals surface area contributed by atoms with Gasteiger partial charge in [0.15, 0.2) is 0 Å². The van der Waals surface area contributed by atoms with Gasteiger partial charge >= 0.3 is 0 Å². The summed E-state index contributed by atoms with van der Waals surface area (Å²) in [5.41, 5.74) is 0.808. The van der Waals surface area contributed by atoms with E-state index in [2.05, 4.69) is 28.2 Å². The Balaban J connectivity index is 2.21. The van der Waals surface area contributed by atoms with Crippen LogP contribution < -0.4 is 10.5 Å². The summed E-state index contributed by atoms with van der Waals surface area (Å²) in [5, 5.41) is 8.13. The fourth-order valence-corrected chi connectivity index (χ4v) is 3.87. The number of rotatable bonds is 5. The van der Waals surface area contributed by atoms with Gasteiger partial charge in [0.05, 0.1) is 4.90 Å². The van der Waals surface area contributed by atoms with Crippen LogP contribution in [0, 0.1) is 12.8 Å². The Labute approximate surface area is 133 Å². The van der Waals surface area contributed by atoms with E-state index in [1.54, 1.807) is 13.0 Å². The van der Waals surface area contributed by atoms with Crippen molar-refractivity contribution >= 4 is 31.9 Å². The summed E-state index contributed by atoms with van der Waals surface area (Å²) in [6, 6.07) is 3.16. The van der Waals surface area contributed by atoms with Crippen molar-refractivity contribution < 1.29 is 13.2 Å². The summed E-state index contributed by atoms with van der Waals surface area (Å²) in [6.45, 7) is 3.76. The lowest BCUT2D eigenvalue weighted by molar-refractivity contribution is 0.0948. The predicted octanol–water partition coefficient (Wildman–Crippen LogP) is 2.32. The molecule has 1 amide bonds. The van der Waals surface area contributed by atoms with Crippen LogP contribution >= 0.6 is 15.9 Å². The van der Waals surface area contributed by atoms with Crippen molar-refractivity contribution in [2.45, 2.75) is 44.0 Å². The molecule has 0 heterocycles. The number of amides is 1. The zero-order chi connectivity index (χ0) is 15.8. The Bertz CT molecular complexity index is 673. The summed E-state index contributed by atoms with van der Waals surface area (Å²) in [5.74, 6) is 0.287. The molecule has 1 fully saturated rings. The molecule has 7 heteroatoms. The molecule has 21 heavy (non-hydrogen) atoms. The first-order valence-corrected chi connectivity index (χ1v) is 9.21. The van der Waals surface area contributed by atoms with E-state index < -0.39 is 10.0 Å². The highest BCUT2D eigenvalue weighted by Gasteiger charge is 2.37. The monoisotopic (exact) mass is 374 g/mol. The molecule has 2 atom stereocenters. The summed E-state index contributed by atoms with van der Waals surface area (Å²) < 4.78 is 23.7. The molecule has 5 nitrogen and oxygen atoms in total. The Kier molecular flexibility index (Phi) is 4.75. The van der Waals surface area contributed by atoms with Crippen molar-refractivity contribution in [3.63, 3.8) is 0 Å². The van der Waals surface area contributed by atoms with E-state index in [0.29, 0.717) is 21.5 Å². The molecule has 2 rings (SSSR count). The minimum Gasteiger partial charge on any atom is -0.349 e. The Morgan fingerprint density at radius 3 is 2.71 bits per heavy atom. The molecular formula is C14H19BrN2O3S. The van der Waals surface area contributed by atoms with Crippen molar-refractivity contribution in [3.8, 4) is 0 Å². The highest BCUT2D eigenvalue weighted by molar-refractivity contribution is 9.10. The van der Waals surface area contributed by atoms with Gasteiger partial charge in [-0.25, -0.2) is 13.6 Å². The van der Waals surface area contributed by atoms with Gasteiger partial charge in [-0.05, 0) is 43.4 Å². The van der Waals surface area contributed by atoms with Gasteiger partial charge in [0, 0.05) is 16.1 Å². The van der Waals surface area contributed by atoms with E-state index in [0.717, 1.165) is 19.3 Å². The van der Waals surface area contributed by atoms with Gasteiger partial charge in [0.1, 0.15) is 0 Å². The fourth-order valence-electron chi connectivity index (χ4n) is 2.45. The maximum absolute atomic E-state index is 12.2. The minimum atomic E-state index is -3.85. The highest BCUT2D eigenvalue weighted by Crippen LogP contribution is 2.35. The third kappa shape index (κ3) is 3.84. The smallest absolute Gasteiger partial charge is 0.251 e. The second-order valence-electron chi connectivity index (χ2n) is 5.49. The van der Waals surface area contributed by atoms with E-state index in [4.69, 9.17) is 5.14 Å². The largest absolute Gasteiger partial charge is 0.349 e. The third-order valence-corrected chi connectivity index (χ3v) is 5.62. The molecule has 0 radical (unpaired) electrons. The molecule has 3 N–H and O–H groups in total. The molecule has 0 aromatic heterocycles. The van der Waals surface area contributed by atoms with Crippen LogP contribution in [0.4, 0.5) is 0 Å². The Morgan fingerprint density at radius 1 is 1.48 bits per heavy atom. The van der Waals surface area contributed by atoms with E-state index in [1.807, 2.05) is 0 Å². The van der Waals surface area contributed by atoms with Crippen LogP contribution in [-0.4, -0.2) is 20.4 Å². The van der Waals surface area contributed by atoms with Crippen LogP contribution in [0.25, 0.3) is 0 Å². The molecule has 0 aliphatic heterocycles. The number of hydrogen-bond acceptors (Lipinski definition) is 3. The Hall–Kier alpha value is -0.920. The SMILES string of the molecule is CCCC1CC1NC(=O)c1cc(Br)c(C)c(S(N)(=O)=O)c1. The van der Waals surface area contributed by atoms with E-state index in [1.165, 1.54) is 6.07 Å². The number of hydrogen-bond donors (Lipinski definition) is 2. The first-order valence-electron chi connectivity index (χ1n) is 6.87. The topological polar surface area (TPSA) is 89.3 Å². The number of carbonyl (C=O) groups excluding carboxylic acids is 1. The second kappa shape index (κ2) is 6.06. The zero-order valence-corrected chi connectivity index (χ0v) is 14.4. The molecule has 0 bridgehead atoms. The van der Waals surface area contributed by atoms with Crippen molar-refractivity contribution in [2.24, 2.45) is 11.1 Å². The normalized spacial score (nSPS) is 21.1. The standard InChI is InChI=1S/C14H19BrN2O3S/c1-3-4-9-6-12(9)17-14(18)10-5-11(15)8(2)13(7-10)21(16,19)20/h5,7,9,12H,3-4,6H2,1-2H3,(H,17,18)(H2,16,19,20). The number of nitrogens with one attached hydrogen (secondary N) is 1. The van der Waals surface area contributed by atoms with Crippen molar-refractivity contribution in [1.29, 1.82) is 0 Å². The van der Waals surface area contributed by atoms with Crippen LogP contribution in [0.1, 0.15) is 42.1 Å². The van der Waals surface area contributed by atoms with Crippen LogP contribution in [0.5, 0.6) is 0 Å². The van der Waals surface area contributed by atoms with Gasteiger partial charge in [0.25, 0.3) is 5.91 Å². The van der Waals surface area contributed by atoms with Gasteiger partial charge in [-0.15, -0.1) is 0 Å². The van der Waals surface area contributed by atoms with Crippen molar-refractivity contribution in [3.05, 3.63) is 27.7 Å². The van der Waals surface area contributed by atoms with Gasteiger partial charge in [0.2, 0.25) is 10.0 Å². The highest BCUT2D eigenvalue weighted by atomic mass is 79.9. The van der Waals surface area contributed by atoms with Crippen LogP contribution in [-0.2, 0) is 10.0 Å². The zero-order valence-electron chi connectivity index (χ0n) is 12.0. The molecule has 1 aromatic carbocycles. The molecule has 116 valence electrons. The van der Waals surface area contributed by atoms with Crippen LogP contribution in [0.3, 0.4) is 0 Å². The van der Waals surface area contributed by atoms with Crippen LogP contribution in [0.15, 0.2) is 21.5 Å². The number of carbonyl (C=O) groups is 1. The third-order valence-electron chi connectivity index (χ3n) is 3.76. The van der Waals surface area contributed by atoms with E-state index in [9.17, 15) is 13.2 Å². The first-order chi connectivity index (χ1) is 9.74. The van der Waals surface area contributed by atoms with Gasteiger partial charge in [-0.1, -0.05) is 29.3 Å². The predicted molar refractivity (Wildman–Crippen MR) is 84.5 cm³/mol. The van der Waals surface area contributed by atoms with Gasteiger partial charge in [-0.3, -0.25) is 4.79 Å². The molecule has 1 aromatic rings. The molecule has 1 aliphatic carbocycles. The lowest BCUT2D eigenvalue weighted by Gasteiger charge is -2.10. The van der Waals surface area contributed by atoms with E-state index in [-0.39, 0.29) is 16.8 Å². The van der Waals surface area contributed by atoms with E-state index >= 15 is 0 Å². The molecule has 0 saturated heterocycles. The maximum atomic E-state index is 12.2. The molecule has 0 spiro atoms. The summed E-state index contributed by atoms with van der Waals surface area (Å²) in [7, 11) is -3.85. The molecule has 1 aliphatic rings. The number of sulfonamides is 1.